The Bertz CT molecular complexity index is 694. The summed E-state index contributed by atoms with van der Waals surface area (Å²) in [5.41, 5.74) is 2.91. The van der Waals surface area contributed by atoms with Crippen molar-refractivity contribution in [3.05, 3.63) is 47.7 Å². The molecule has 2 aromatic rings. The number of aromatic nitrogens is 1. The molecule has 1 N–H and O–H groups in total. The standard InChI is InChI=1S/C14H15NO3S/c1-3-11-10(2)7-8-13(19(16,17)18)14(11)12-6-4-5-9-15-12/h4-9H,3H2,1-2H3,(H,16,17,18). The summed E-state index contributed by atoms with van der Waals surface area (Å²) in [5, 5.41) is 0. The minimum atomic E-state index is -4.27. The summed E-state index contributed by atoms with van der Waals surface area (Å²) in [5.74, 6) is 0. The zero-order chi connectivity index (χ0) is 14.0. The van der Waals surface area contributed by atoms with Crippen LogP contribution in [0.1, 0.15) is 18.1 Å². The fourth-order valence-corrected chi connectivity index (χ4v) is 2.92. The highest BCUT2D eigenvalue weighted by atomic mass is 32.2. The first-order valence-electron chi connectivity index (χ1n) is 5.96. The van der Waals surface area contributed by atoms with Gasteiger partial charge in [-0.1, -0.05) is 19.1 Å². The quantitative estimate of drug-likeness (QED) is 0.876. The molecule has 5 heteroatoms. The first kappa shape index (κ1) is 13.7. The molecular formula is C14H15NO3S. The zero-order valence-electron chi connectivity index (χ0n) is 10.8. The van der Waals surface area contributed by atoms with Crippen LogP contribution in [0, 0.1) is 6.92 Å². The molecule has 0 bridgehead atoms. The maximum Gasteiger partial charge on any atom is 0.295 e. The Hall–Kier alpha value is -1.72. The van der Waals surface area contributed by atoms with Gasteiger partial charge in [0, 0.05) is 11.8 Å². The Morgan fingerprint density at radius 1 is 1.21 bits per heavy atom. The third-order valence-corrected chi connectivity index (χ3v) is 3.96. The van der Waals surface area contributed by atoms with Crippen LogP contribution in [0.2, 0.25) is 0 Å². The fourth-order valence-electron chi connectivity index (χ4n) is 2.19. The summed E-state index contributed by atoms with van der Waals surface area (Å²) in [6.45, 7) is 3.86. The molecule has 1 aromatic heterocycles. The summed E-state index contributed by atoms with van der Waals surface area (Å²) in [7, 11) is -4.27. The predicted octanol–water partition coefficient (Wildman–Crippen LogP) is 2.87. The van der Waals surface area contributed by atoms with E-state index in [9.17, 15) is 13.0 Å². The van der Waals surface area contributed by atoms with Gasteiger partial charge >= 0.3 is 0 Å². The SMILES string of the molecule is CCc1c(C)ccc(S(=O)(=O)O)c1-c1ccccn1. The van der Waals surface area contributed by atoms with Crippen molar-refractivity contribution in [1.29, 1.82) is 0 Å². The van der Waals surface area contributed by atoms with Crippen LogP contribution in [0.15, 0.2) is 41.4 Å². The molecule has 19 heavy (non-hydrogen) atoms. The van der Waals surface area contributed by atoms with Crippen LogP contribution in [0.25, 0.3) is 11.3 Å². The first-order chi connectivity index (χ1) is 8.95. The number of nitrogens with zero attached hydrogens (tertiary/aromatic N) is 1. The van der Waals surface area contributed by atoms with Crippen molar-refractivity contribution < 1.29 is 13.0 Å². The average Bonchev–Trinajstić information content (AvgIpc) is 2.38. The second-order valence-corrected chi connectivity index (χ2v) is 5.67. The average molecular weight is 277 g/mol. The molecular weight excluding hydrogens is 262 g/mol. The molecule has 1 heterocycles. The highest BCUT2D eigenvalue weighted by Crippen LogP contribution is 2.31. The Kier molecular flexibility index (Phi) is 3.68. The molecule has 0 radical (unpaired) electrons. The van der Waals surface area contributed by atoms with Crippen molar-refractivity contribution in [2.75, 3.05) is 0 Å². The van der Waals surface area contributed by atoms with E-state index in [4.69, 9.17) is 0 Å². The van der Waals surface area contributed by atoms with E-state index in [0.29, 0.717) is 17.7 Å². The fraction of sp³-hybridized carbons (Fsp3) is 0.214. The Labute approximate surface area is 112 Å². The lowest BCUT2D eigenvalue weighted by molar-refractivity contribution is 0.483. The van der Waals surface area contributed by atoms with E-state index < -0.39 is 10.1 Å². The minimum absolute atomic E-state index is 0.0892. The molecule has 0 aliphatic carbocycles. The topological polar surface area (TPSA) is 67.3 Å². The molecule has 2 rings (SSSR count). The van der Waals surface area contributed by atoms with Gasteiger partial charge in [-0.15, -0.1) is 0 Å². The monoisotopic (exact) mass is 277 g/mol. The number of aryl methyl sites for hydroxylation is 1. The van der Waals surface area contributed by atoms with Crippen molar-refractivity contribution in [2.24, 2.45) is 0 Å². The molecule has 0 unspecified atom stereocenters. The van der Waals surface area contributed by atoms with E-state index in [2.05, 4.69) is 4.98 Å². The summed E-state index contributed by atoms with van der Waals surface area (Å²) in [4.78, 5) is 4.11. The number of hydrogen-bond donors (Lipinski definition) is 1. The van der Waals surface area contributed by atoms with Gasteiger partial charge in [0.1, 0.15) is 4.90 Å². The minimum Gasteiger partial charge on any atom is -0.282 e. The maximum absolute atomic E-state index is 11.5. The highest BCUT2D eigenvalue weighted by Gasteiger charge is 2.21. The van der Waals surface area contributed by atoms with E-state index in [1.165, 1.54) is 6.07 Å². The van der Waals surface area contributed by atoms with Crippen molar-refractivity contribution in [3.8, 4) is 11.3 Å². The van der Waals surface area contributed by atoms with Gasteiger partial charge in [0.2, 0.25) is 0 Å². The second kappa shape index (κ2) is 5.11. The van der Waals surface area contributed by atoms with Crippen LogP contribution in [0.4, 0.5) is 0 Å². The van der Waals surface area contributed by atoms with Crippen LogP contribution < -0.4 is 0 Å². The first-order valence-corrected chi connectivity index (χ1v) is 7.40. The Morgan fingerprint density at radius 3 is 2.47 bits per heavy atom. The maximum atomic E-state index is 11.5. The van der Waals surface area contributed by atoms with E-state index in [1.54, 1.807) is 30.5 Å². The smallest absolute Gasteiger partial charge is 0.282 e. The predicted molar refractivity (Wildman–Crippen MR) is 73.6 cm³/mol. The van der Waals surface area contributed by atoms with Crippen molar-refractivity contribution >= 4 is 10.1 Å². The van der Waals surface area contributed by atoms with Crippen molar-refractivity contribution in [1.82, 2.24) is 4.98 Å². The van der Waals surface area contributed by atoms with Gasteiger partial charge in [-0.05, 0) is 42.7 Å². The van der Waals surface area contributed by atoms with Crippen LogP contribution in [0.3, 0.4) is 0 Å². The molecule has 1 aromatic carbocycles. The molecule has 0 aliphatic heterocycles. The Balaban J connectivity index is 2.86. The molecule has 100 valence electrons. The normalized spacial score (nSPS) is 11.5. The van der Waals surface area contributed by atoms with Crippen molar-refractivity contribution in [2.45, 2.75) is 25.2 Å². The van der Waals surface area contributed by atoms with Gasteiger partial charge in [0.25, 0.3) is 10.1 Å². The van der Waals surface area contributed by atoms with Gasteiger partial charge in [0.15, 0.2) is 0 Å². The molecule has 4 nitrogen and oxygen atoms in total. The lowest BCUT2D eigenvalue weighted by atomic mass is 9.97. The molecule has 0 saturated carbocycles. The van der Waals surface area contributed by atoms with E-state index >= 15 is 0 Å². The molecule has 0 spiro atoms. The third kappa shape index (κ3) is 2.67. The number of hydrogen-bond acceptors (Lipinski definition) is 3. The van der Waals surface area contributed by atoms with Crippen LogP contribution >= 0.6 is 0 Å². The van der Waals surface area contributed by atoms with Gasteiger partial charge in [-0.3, -0.25) is 9.54 Å². The van der Waals surface area contributed by atoms with Crippen LogP contribution in [-0.2, 0) is 16.5 Å². The second-order valence-electron chi connectivity index (χ2n) is 4.28. The lowest BCUT2D eigenvalue weighted by Gasteiger charge is -2.14. The van der Waals surface area contributed by atoms with Crippen molar-refractivity contribution in [3.63, 3.8) is 0 Å². The zero-order valence-corrected chi connectivity index (χ0v) is 11.6. The molecule has 0 fully saturated rings. The lowest BCUT2D eigenvalue weighted by Crippen LogP contribution is -2.05. The van der Waals surface area contributed by atoms with E-state index in [0.717, 1.165) is 11.1 Å². The third-order valence-electron chi connectivity index (χ3n) is 3.06. The van der Waals surface area contributed by atoms with Crippen LogP contribution in [0.5, 0.6) is 0 Å². The van der Waals surface area contributed by atoms with Gasteiger partial charge in [-0.25, -0.2) is 0 Å². The van der Waals surface area contributed by atoms with Gasteiger partial charge < -0.3 is 0 Å². The highest BCUT2D eigenvalue weighted by molar-refractivity contribution is 7.86. The van der Waals surface area contributed by atoms with E-state index in [1.807, 2.05) is 13.8 Å². The Morgan fingerprint density at radius 2 is 1.95 bits per heavy atom. The van der Waals surface area contributed by atoms with Gasteiger partial charge in [0.05, 0.1) is 5.69 Å². The molecule has 0 atom stereocenters. The largest absolute Gasteiger partial charge is 0.295 e. The van der Waals surface area contributed by atoms with Gasteiger partial charge in [-0.2, -0.15) is 8.42 Å². The molecule has 0 saturated heterocycles. The summed E-state index contributed by atoms with van der Waals surface area (Å²) < 4.78 is 32.5. The summed E-state index contributed by atoms with van der Waals surface area (Å²) >= 11 is 0. The summed E-state index contributed by atoms with van der Waals surface area (Å²) in [6, 6.07) is 8.42. The number of rotatable bonds is 3. The summed E-state index contributed by atoms with van der Waals surface area (Å²) in [6.07, 6.45) is 2.27. The van der Waals surface area contributed by atoms with E-state index in [-0.39, 0.29) is 4.90 Å². The molecule has 0 amide bonds. The number of benzene rings is 1. The molecule has 0 aliphatic rings. The van der Waals surface area contributed by atoms with Crippen LogP contribution in [-0.4, -0.2) is 18.0 Å². The number of pyridine rings is 1.